The standard InChI is InChI=1S/C16H14N6O2/c1-23-9-3-4-14-20-15(21-22(14)8-9)11-6-19-16(24-2)12-7-18-13(17)5-10(11)12/h3-8H,1-2H3,(H2,17,18). The van der Waals surface area contributed by atoms with E-state index in [0.29, 0.717) is 28.9 Å². The first-order chi connectivity index (χ1) is 11.7. The van der Waals surface area contributed by atoms with Crippen molar-refractivity contribution >= 4 is 22.2 Å². The Bertz CT molecular complexity index is 1060. The van der Waals surface area contributed by atoms with Gasteiger partial charge in [0.1, 0.15) is 11.6 Å². The lowest BCUT2D eigenvalue weighted by molar-refractivity contribution is 0.403. The minimum atomic E-state index is 0.405. The Morgan fingerprint density at radius 3 is 2.71 bits per heavy atom. The molecule has 0 aliphatic carbocycles. The summed E-state index contributed by atoms with van der Waals surface area (Å²) in [6, 6.07) is 5.44. The van der Waals surface area contributed by atoms with E-state index in [9.17, 15) is 0 Å². The molecule has 120 valence electrons. The van der Waals surface area contributed by atoms with Crippen molar-refractivity contribution in [1.82, 2.24) is 24.6 Å². The van der Waals surface area contributed by atoms with Crippen molar-refractivity contribution in [3.05, 3.63) is 36.8 Å². The van der Waals surface area contributed by atoms with Crippen LogP contribution in [0.1, 0.15) is 0 Å². The number of anilines is 1. The van der Waals surface area contributed by atoms with Crippen LogP contribution in [0.15, 0.2) is 36.8 Å². The van der Waals surface area contributed by atoms with Crippen LogP contribution in [0, 0.1) is 0 Å². The molecule has 2 N–H and O–H groups in total. The molecule has 4 aromatic rings. The molecule has 4 heterocycles. The fourth-order valence-corrected chi connectivity index (χ4v) is 2.57. The van der Waals surface area contributed by atoms with Gasteiger partial charge >= 0.3 is 0 Å². The second kappa shape index (κ2) is 5.34. The maximum absolute atomic E-state index is 5.84. The SMILES string of the molecule is COc1ccc2nc(-c3cnc(OC)c4cnc(N)cc34)nn2c1. The third-order valence-electron chi connectivity index (χ3n) is 3.73. The molecular formula is C16H14N6O2. The predicted molar refractivity (Wildman–Crippen MR) is 89.0 cm³/mol. The molecule has 0 radical (unpaired) electrons. The van der Waals surface area contributed by atoms with Crippen LogP contribution in [-0.4, -0.2) is 38.8 Å². The lowest BCUT2D eigenvalue weighted by Crippen LogP contribution is -1.96. The van der Waals surface area contributed by atoms with Crippen LogP contribution in [-0.2, 0) is 0 Å². The average Bonchev–Trinajstić information content (AvgIpc) is 3.03. The number of nitrogens with zero attached hydrogens (tertiary/aromatic N) is 5. The van der Waals surface area contributed by atoms with Crippen LogP contribution >= 0.6 is 0 Å². The smallest absolute Gasteiger partial charge is 0.222 e. The molecule has 0 unspecified atom stereocenters. The minimum absolute atomic E-state index is 0.405. The van der Waals surface area contributed by atoms with E-state index in [1.54, 1.807) is 43.4 Å². The zero-order chi connectivity index (χ0) is 16.7. The van der Waals surface area contributed by atoms with Gasteiger partial charge in [0.15, 0.2) is 11.5 Å². The fourth-order valence-electron chi connectivity index (χ4n) is 2.57. The van der Waals surface area contributed by atoms with E-state index in [4.69, 9.17) is 15.2 Å². The number of fused-ring (bicyclic) bond motifs is 2. The molecule has 4 aromatic heterocycles. The molecule has 0 fully saturated rings. The second-order valence-corrected chi connectivity index (χ2v) is 5.14. The first-order valence-corrected chi connectivity index (χ1v) is 7.18. The summed E-state index contributed by atoms with van der Waals surface area (Å²) in [7, 11) is 3.17. The molecule has 8 nitrogen and oxygen atoms in total. The van der Waals surface area contributed by atoms with Gasteiger partial charge in [-0.2, -0.15) is 0 Å². The zero-order valence-electron chi connectivity index (χ0n) is 13.1. The van der Waals surface area contributed by atoms with Crippen molar-refractivity contribution in [3.8, 4) is 23.0 Å². The number of ether oxygens (including phenoxy) is 2. The molecule has 0 saturated heterocycles. The number of hydrogen-bond acceptors (Lipinski definition) is 7. The van der Waals surface area contributed by atoms with E-state index in [-0.39, 0.29) is 0 Å². The van der Waals surface area contributed by atoms with Crippen LogP contribution < -0.4 is 15.2 Å². The van der Waals surface area contributed by atoms with Crippen molar-refractivity contribution in [2.75, 3.05) is 20.0 Å². The highest BCUT2D eigenvalue weighted by atomic mass is 16.5. The largest absolute Gasteiger partial charge is 0.495 e. The van der Waals surface area contributed by atoms with Gasteiger partial charge in [-0.05, 0) is 18.2 Å². The quantitative estimate of drug-likeness (QED) is 0.615. The van der Waals surface area contributed by atoms with Crippen molar-refractivity contribution in [1.29, 1.82) is 0 Å². The predicted octanol–water partition coefficient (Wildman–Crippen LogP) is 1.94. The highest BCUT2D eigenvalue weighted by Crippen LogP contribution is 2.31. The number of nitrogen functional groups attached to an aromatic ring is 1. The van der Waals surface area contributed by atoms with E-state index < -0.39 is 0 Å². The van der Waals surface area contributed by atoms with Gasteiger partial charge in [0.2, 0.25) is 5.88 Å². The minimum Gasteiger partial charge on any atom is -0.495 e. The molecule has 24 heavy (non-hydrogen) atoms. The van der Waals surface area contributed by atoms with Gasteiger partial charge in [-0.3, -0.25) is 0 Å². The topological polar surface area (TPSA) is 100 Å². The van der Waals surface area contributed by atoms with Gasteiger partial charge in [-0.1, -0.05) is 0 Å². The van der Waals surface area contributed by atoms with Gasteiger partial charge in [-0.15, -0.1) is 5.10 Å². The molecule has 4 rings (SSSR count). The summed E-state index contributed by atoms with van der Waals surface area (Å²) in [6.45, 7) is 0. The summed E-state index contributed by atoms with van der Waals surface area (Å²) in [5.41, 5.74) is 7.30. The average molecular weight is 322 g/mol. The Hall–Kier alpha value is -3.42. The summed E-state index contributed by atoms with van der Waals surface area (Å²) in [5.74, 6) is 2.12. The second-order valence-electron chi connectivity index (χ2n) is 5.14. The van der Waals surface area contributed by atoms with E-state index in [0.717, 1.165) is 16.3 Å². The van der Waals surface area contributed by atoms with Crippen molar-refractivity contribution < 1.29 is 9.47 Å². The third kappa shape index (κ3) is 2.16. The van der Waals surface area contributed by atoms with Gasteiger partial charge in [0, 0.05) is 23.3 Å². The summed E-state index contributed by atoms with van der Waals surface area (Å²) in [5, 5.41) is 6.09. The Morgan fingerprint density at radius 2 is 1.92 bits per heavy atom. The van der Waals surface area contributed by atoms with Gasteiger partial charge in [0.05, 0.1) is 25.8 Å². The maximum atomic E-state index is 5.84. The molecular weight excluding hydrogens is 308 g/mol. The molecule has 0 aliphatic rings. The van der Waals surface area contributed by atoms with Gasteiger partial charge in [0.25, 0.3) is 0 Å². The van der Waals surface area contributed by atoms with Gasteiger partial charge in [-0.25, -0.2) is 19.5 Å². The first-order valence-electron chi connectivity index (χ1n) is 7.18. The van der Waals surface area contributed by atoms with Gasteiger partial charge < -0.3 is 15.2 Å². The number of pyridine rings is 3. The van der Waals surface area contributed by atoms with Crippen LogP contribution in [0.2, 0.25) is 0 Å². The molecule has 0 amide bonds. The number of hydrogen-bond donors (Lipinski definition) is 1. The Balaban J connectivity index is 1.97. The Morgan fingerprint density at radius 1 is 1.04 bits per heavy atom. The van der Waals surface area contributed by atoms with Crippen LogP contribution in [0.5, 0.6) is 11.6 Å². The monoisotopic (exact) mass is 322 g/mol. The lowest BCUT2D eigenvalue weighted by atomic mass is 10.1. The van der Waals surface area contributed by atoms with Crippen molar-refractivity contribution in [2.24, 2.45) is 0 Å². The van der Waals surface area contributed by atoms with E-state index in [2.05, 4.69) is 20.1 Å². The summed E-state index contributed by atoms with van der Waals surface area (Å²) < 4.78 is 12.2. The number of rotatable bonds is 3. The Kier molecular flexibility index (Phi) is 3.16. The van der Waals surface area contributed by atoms with E-state index >= 15 is 0 Å². The fraction of sp³-hybridized carbons (Fsp3) is 0.125. The molecule has 0 spiro atoms. The third-order valence-corrected chi connectivity index (χ3v) is 3.73. The van der Waals surface area contributed by atoms with Crippen molar-refractivity contribution in [3.63, 3.8) is 0 Å². The van der Waals surface area contributed by atoms with E-state index in [1.165, 1.54) is 0 Å². The lowest BCUT2D eigenvalue weighted by Gasteiger charge is -2.07. The maximum Gasteiger partial charge on any atom is 0.222 e. The molecule has 0 saturated carbocycles. The molecule has 0 aliphatic heterocycles. The molecule has 0 atom stereocenters. The van der Waals surface area contributed by atoms with Crippen LogP contribution in [0.3, 0.4) is 0 Å². The molecule has 0 aromatic carbocycles. The summed E-state index contributed by atoms with van der Waals surface area (Å²) in [4.78, 5) is 13.0. The highest BCUT2D eigenvalue weighted by Gasteiger charge is 2.15. The van der Waals surface area contributed by atoms with E-state index in [1.807, 2.05) is 12.1 Å². The zero-order valence-corrected chi connectivity index (χ0v) is 13.1. The number of aromatic nitrogens is 5. The van der Waals surface area contributed by atoms with Crippen LogP contribution in [0.25, 0.3) is 27.8 Å². The summed E-state index contributed by atoms with van der Waals surface area (Å²) in [6.07, 6.45) is 5.08. The van der Waals surface area contributed by atoms with Crippen LogP contribution in [0.4, 0.5) is 5.82 Å². The number of methoxy groups -OCH3 is 2. The molecule has 8 heteroatoms. The molecule has 0 bridgehead atoms. The normalized spacial score (nSPS) is 11.1. The Labute approximate surface area is 136 Å². The number of nitrogens with two attached hydrogens (primary N) is 1. The highest BCUT2D eigenvalue weighted by molar-refractivity contribution is 5.98. The summed E-state index contributed by atoms with van der Waals surface area (Å²) >= 11 is 0. The first kappa shape index (κ1) is 14.2. The van der Waals surface area contributed by atoms with Crippen molar-refractivity contribution in [2.45, 2.75) is 0 Å².